The Kier molecular flexibility index (Phi) is 55.3. The van der Waals surface area contributed by atoms with Crippen molar-refractivity contribution in [2.45, 2.75) is 198 Å². The van der Waals surface area contributed by atoms with Gasteiger partial charge in [0.2, 0.25) is 34.8 Å². The Labute approximate surface area is 893 Å². The number of ketones is 2. The molecule has 0 radical (unpaired) electrons. The Morgan fingerprint density at radius 1 is 0.446 bits per heavy atom. The molecule has 13 aromatic rings. The Bertz CT molecular complexity index is 6230. The minimum atomic E-state index is -2.35. The van der Waals surface area contributed by atoms with Gasteiger partial charge in [-0.25, -0.2) is 32.9 Å². The van der Waals surface area contributed by atoms with Crippen LogP contribution in [0.4, 0.5) is 27.8 Å². The van der Waals surface area contributed by atoms with Gasteiger partial charge in [-0.2, -0.15) is 8.78 Å². The quantitative estimate of drug-likeness (QED) is 0.00251. The van der Waals surface area contributed by atoms with Crippen molar-refractivity contribution in [3.05, 3.63) is 354 Å². The fraction of sp³-hybridized carbons (Fsp3) is 0.368. The summed E-state index contributed by atoms with van der Waals surface area (Å²) >= 11 is 18.8. The number of fused-ring (bicyclic) bond motifs is 2. The van der Waals surface area contributed by atoms with Crippen LogP contribution in [0.2, 0.25) is 10.0 Å². The number of pyridine rings is 3. The summed E-state index contributed by atoms with van der Waals surface area (Å²) in [5, 5.41) is 74.9. The average Bonchev–Trinajstić information content (AvgIpc) is 1.06. The second kappa shape index (κ2) is 65.4. The van der Waals surface area contributed by atoms with Crippen LogP contribution in [0.1, 0.15) is 235 Å². The lowest BCUT2D eigenvalue weighted by atomic mass is 9.89. The number of carbonyl (C=O) groups is 3. The molecule has 6 unspecified atom stereocenters. The molecule has 22 nitrogen and oxygen atoms in total. The van der Waals surface area contributed by atoms with Crippen LogP contribution in [-0.4, -0.2) is 146 Å². The molecule has 0 bridgehead atoms. The number of nitrogen functional groups attached to an aromatic ring is 1. The molecular formula is C117H141Br2Cl2F5N6O16. The number of benzene rings is 8. The molecule has 13 rings (SSSR count). The molecule has 0 aliphatic rings. The first-order chi connectivity index (χ1) is 70.5. The molecule has 0 saturated carbocycles. The molecule has 8 atom stereocenters. The molecule has 0 aliphatic carbocycles. The van der Waals surface area contributed by atoms with Crippen molar-refractivity contribution >= 4 is 95.5 Å². The Balaban J connectivity index is 0.000000270. The van der Waals surface area contributed by atoms with Gasteiger partial charge in [-0.1, -0.05) is 223 Å². The maximum atomic E-state index is 13.5. The lowest BCUT2D eigenvalue weighted by molar-refractivity contribution is 0.0715. The van der Waals surface area contributed by atoms with Gasteiger partial charge >= 0.3 is 5.97 Å². The lowest BCUT2D eigenvalue weighted by Crippen LogP contribution is -2.14. The summed E-state index contributed by atoms with van der Waals surface area (Å²) in [5.41, 5.74) is 21.3. The summed E-state index contributed by atoms with van der Waals surface area (Å²) in [5.74, 6) is -9.52. The van der Waals surface area contributed by atoms with E-state index in [1.54, 1.807) is 71.1 Å². The first-order valence-electron chi connectivity index (χ1n) is 49.2. The van der Waals surface area contributed by atoms with E-state index in [1.165, 1.54) is 28.3 Å². The number of allylic oxidation sites excluding steroid dienone is 1. The predicted molar refractivity (Wildman–Crippen MR) is 586 cm³/mol. The van der Waals surface area contributed by atoms with Crippen molar-refractivity contribution < 1.29 is 101 Å². The third-order valence-corrected chi connectivity index (χ3v) is 24.5. The number of hydrogen-bond donors (Lipinski definition) is 9. The third kappa shape index (κ3) is 42.1. The number of alkyl halides is 1. The Hall–Kier alpha value is -11.6. The van der Waals surface area contributed by atoms with Crippen LogP contribution in [-0.2, 0) is 41.6 Å². The average molecular weight is 2210 g/mol. The first kappa shape index (κ1) is 125. The zero-order valence-corrected chi connectivity index (χ0v) is 91.2. The highest BCUT2D eigenvalue weighted by Gasteiger charge is 2.30. The number of Topliss-reactive ketones (excluding diaryl/α,β-unsaturated/α-hetero) is 2. The molecule has 0 fully saturated rings. The number of aromatic nitrogens is 5. The standard InChI is InChI=1S/C30H33ClN2O4.C20H24N2O2.C16H10ClF5O3.C15H22O2.C13H17BrO2.C11H15BrO.C7H10N2O.C5H10O/c1-19(2)37-29-11-10-24(17-26(29)31)28(36)16-22(12-14-34)15-21-6-8-23(9-7-21)27-18-33-13-4-5-25(20(3)35)30(33)32-27;1-14(9-11-23)12-16-5-7-17(8-6-16)19-13-22-10-3-4-18(15(2)24)20(22)21-19;1-6(2)24-9-4-3-7(5-8(9)17)16(23)25-15-13(21)11(19)10(18)12(20)14(15)22;1-4-17-13(3)15-7-5-14(6-8-15)11-12(2)9-10-16;1-10(6-7-15)8-11-2-4-12(5-3-11)13(16)9-14;1-9(6-7-13)8-10-2-4-11(12)5-3-10;1-5(10)6-3-2-4-9-7(6)8;1-4-6-5(2)3/h4-11,13,17-20,22,34-35H,12,14-16H2,1-3H3;3-8,10,13-15,23-24H,9,11-12H2,1-2H3;3-6H,1-2H3;5-8,12,16H,3-4,9-11H2,1-2H3;2-5,10,15H,6-9H2,1H3;2-5,9,13H,6-8H2,1H3;2-5,10H,1H3,(H2,8,9);2,4H2,1,3H3/t20?,22-;14-,15?;;;;;;/m11....../s1. The van der Waals surface area contributed by atoms with Crippen molar-refractivity contribution in [3.8, 4) is 39.8 Å². The van der Waals surface area contributed by atoms with E-state index in [4.69, 9.17) is 83.4 Å². The number of aliphatic hydroxyl groups excluding tert-OH is 8. The van der Waals surface area contributed by atoms with Gasteiger partial charge in [-0.3, -0.25) is 9.59 Å². The van der Waals surface area contributed by atoms with Gasteiger partial charge in [0.05, 0.1) is 81.8 Å². The predicted octanol–water partition coefficient (Wildman–Crippen LogP) is 26.3. The van der Waals surface area contributed by atoms with E-state index in [9.17, 15) is 51.7 Å². The molecule has 0 saturated heterocycles. The lowest BCUT2D eigenvalue weighted by Gasteiger charge is -2.16. The van der Waals surface area contributed by atoms with Crippen molar-refractivity contribution in [1.82, 2.24) is 23.8 Å². The normalized spacial score (nSPS) is 12.5. The van der Waals surface area contributed by atoms with Gasteiger partial charge in [0, 0.05) is 119 Å². The number of carbonyl (C=O) groups excluding carboxylic acids is 3. The van der Waals surface area contributed by atoms with Gasteiger partial charge in [-0.15, -0.1) is 0 Å². The van der Waals surface area contributed by atoms with Crippen molar-refractivity contribution in [1.29, 1.82) is 0 Å². The van der Waals surface area contributed by atoms with E-state index < -0.39 is 59.1 Å². The van der Waals surface area contributed by atoms with Crippen molar-refractivity contribution in [2.75, 3.05) is 57.3 Å². The van der Waals surface area contributed by atoms with Crippen LogP contribution in [0, 0.1) is 58.7 Å². The number of anilines is 1. The summed E-state index contributed by atoms with van der Waals surface area (Å²) < 4.78 is 96.7. The fourth-order valence-electron chi connectivity index (χ4n) is 15.2. The number of esters is 1. The SMILES string of the molecule is C=C(C)OCC.C=C(OCC)c1ccc(CC(C)CCO)cc1.CC(C)Oc1ccc(C(=O)C[C@H](CCO)Cc2ccc(-c3cn4cccc(C(C)O)c4n3)cc2)cc1Cl.CC(C)Oc1ccc(C(=O)Oc2c(F)c(F)c(F)c(F)c2F)cc1Cl.CC(CCO)Cc1ccc(Br)cc1.CC(CCO)Cc1ccc(C(=O)CBr)cc1.CC(O)c1cccn2cc(-c3ccc(C[C@H](C)CCO)cc3)nc12.CC(O)c1cccnc1N. The molecule has 148 heavy (non-hydrogen) atoms. The van der Waals surface area contributed by atoms with Gasteiger partial charge < -0.3 is 79.1 Å². The minimum absolute atomic E-state index is 0.000520. The molecule has 0 aliphatic heterocycles. The maximum absolute atomic E-state index is 13.5. The molecule has 0 spiro atoms. The minimum Gasteiger partial charge on any atom is -0.499 e. The van der Waals surface area contributed by atoms with Crippen LogP contribution in [0.25, 0.3) is 39.6 Å². The van der Waals surface area contributed by atoms with Crippen LogP contribution >= 0.6 is 55.1 Å². The maximum Gasteiger partial charge on any atom is 0.343 e. The van der Waals surface area contributed by atoms with Crippen LogP contribution in [0.3, 0.4) is 0 Å². The highest BCUT2D eigenvalue weighted by Crippen LogP contribution is 2.35. The number of halogens is 9. The molecule has 5 heterocycles. The van der Waals surface area contributed by atoms with Crippen LogP contribution in [0.15, 0.2) is 248 Å². The third-order valence-electron chi connectivity index (χ3n) is 22.9. The zero-order chi connectivity index (χ0) is 109. The van der Waals surface area contributed by atoms with E-state index in [1.807, 2.05) is 153 Å². The number of ether oxygens (including phenoxy) is 5. The number of imidazole rings is 2. The summed E-state index contributed by atoms with van der Waals surface area (Å²) in [6.45, 7) is 36.6. The summed E-state index contributed by atoms with van der Waals surface area (Å²) in [7, 11) is 0. The van der Waals surface area contributed by atoms with E-state index >= 15 is 0 Å². The molecule has 10 N–H and O–H groups in total. The molecule has 5 aromatic heterocycles. The fourth-order valence-corrected chi connectivity index (χ4v) is 16.2. The van der Waals surface area contributed by atoms with Crippen LogP contribution in [0.5, 0.6) is 17.2 Å². The number of nitrogens with two attached hydrogens (primary N) is 1. The summed E-state index contributed by atoms with van der Waals surface area (Å²) in [6, 6.07) is 60.7. The van der Waals surface area contributed by atoms with Gasteiger partial charge in [0.15, 0.2) is 11.6 Å². The number of aliphatic hydroxyl groups is 8. The Morgan fingerprint density at radius 2 is 0.804 bits per heavy atom. The van der Waals surface area contributed by atoms with Gasteiger partial charge in [0.1, 0.15) is 34.4 Å². The van der Waals surface area contributed by atoms with E-state index in [2.05, 4.69) is 143 Å². The Morgan fingerprint density at radius 3 is 1.16 bits per heavy atom. The number of rotatable bonds is 41. The van der Waals surface area contributed by atoms with Crippen LogP contribution < -0.4 is 19.9 Å². The molecular weight excluding hydrogens is 2070 g/mol. The smallest absolute Gasteiger partial charge is 0.343 e. The topological polar surface area (TPSA) is 333 Å². The van der Waals surface area contributed by atoms with E-state index in [-0.39, 0.29) is 79.1 Å². The molecule has 31 heteroatoms. The molecule has 8 aromatic carbocycles. The number of hydrogen-bond acceptors (Lipinski definition) is 20. The zero-order valence-electron chi connectivity index (χ0n) is 86.5. The van der Waals surface area contributed by atoms with Gasteiger partial charge in [-0.05, 0) is 258 Å². The van der Waals surface area contributed by atoms with Crippen molar-refractivity contribution in [2.24, 2.45) is 29.6 Å². The first-order valence-corrected chi connectivity index (χ1v) is 51.9. The van der Waals surface area contributed by atoms with E-state index in [0.29, 0.717) is 82.6 Å². The van der Waals surface area contributed by atoms with E-state index in [0.717, 1.165) is 148 Å². The van der Waals surface area contributed by atoms with Gasteiger partial charge in [0.25, 0.3) is 0 Å². The summed E-state index contributed by atoms with van der Waals surface area (Å²) in [4.78, 5) is 49.5. The molecule has 0 amide bonds. The largest absolute Gasteiger partial charge is 0.499 e. The van der Waals surface area contributed by atoms with Crippen molar-refractivity contribution in [3.63, 3.8) is 0 Å². The monoisotopic (exact) mass is 2210 g/mol. The highest BCUT2D eigenvalue weighted by molar-refractivity contribution is 9.10. The number of nitrogens with zero attached hydrogens (tertiary/aromatic N) is 5. The second-order valence-electron chi connectivity index (χ2n) is 36.5. The molecule has 798 valence electrons. The summed E-state index contributed by atoms with van der Waals surface area (Å²) in [6.07, 6.45) is 16.4. The second-order valence-corrected chi connectivity index (χ2v) is 38.8. The highest BCUT2D eigenvalue weighted by atomic mass is 79.9.